The van der Waals surface area contributed by atoms with Gasteiger partial charge in [0.05, 0.1) is 7.11 Å². The highest BCUT2D eigenvalue weighted by Crippen LogP contribution is 2.27. The van der Waals surface area contributed by atoms with Crippen LogP contribution in [0.1, 0.15) is 24.0 Å². The fourth-order valence-corrected chi connectivity index (χ4v) is 2.79. The van der Waals surface area contributed by atoms with Gasteiger partial charge in [-0.2, -0.15) is 0 Å². The molecular weight excluding hydrogens is 277 g/mol. The molecule has 0 saturated carbocycles. The molecule has 0 N–H and O–H groups in total. The van der Waals surface area contributed by atoms with Crippen molar-refractivity contribution in [2.45, 2.75) is 12.8 Å². The van der Waals surface area contributed by atoms with Crippen molar-refractivity contribution in [2.75, 3.05) is 20.2 Å². The predicted molar refractivity (Wildman–Crippen MR) is 88.1 cm³/mol. The van der Waals surface area contributed by atoms with Gasteiger partial charge >= 0.3 is 0 Å². The van der Waals surface area contributed by atoms with E-state index in [1.807, 2.05) is 24.3 Å². The van der Waals surface area contributed by atoms with Crippen LogP contribution < -0.4 is 4.74 Å². The summed E-state index contributed by atoms with van der Waals surface area (Å²) >= 11 is 0. The molecule has 1 heterocycles. The SMILES string of the molecule is COc1ccc(C(=Cc2ccc(F)cc2)N2CCCC2)cc1. The van der Waals surface area contributed by atoms with Gasteiger partial charge in [-0.3, -0.25) is 0 Å². The standard InChI is InChI=1S/C19H20FNO/c1-22-18-10-6-16(7-11-18)19(21-12-2-3-13-21)14-15-4-8-17(20)9-5-15/h4-11,14H,2-3,12-13H2,1H3. The zero-order valence-electron chi connectivity index (χ0n) is 12.8. The van der Waals surface area contributed by atoms with Gasteiger partial charge in [-0.25, -0.2) is 4.39 Å². The number of hydrogen-bond acceptors (Lipinski definition) is 2. The maximum atomic E-state index is 13.1. The molecule has 2 nitrogen and oxygen atoms in total. The first-order chi connectivity index (χ1) is 10.8. The van der Waals surface area contributed by atoms with Crippen molar-refractivity contribution in [1.29, 1.82) is 0 Å². The summed E-state index contributed by atoms with van der Waals surface area (Å²) in [6, 6.07) is 14.7. The highest BCUT2D eigenvalue weighted by Gasteiger charge is 2.16. The summed E-state index contributed by atoms with van der Waals surface area (Å²) < 4.78 is 18.3. The molecule has 0 aliphatic carbocycles. The number of ether oxygens (including phenoxy) is 1. The highest BCUT2D eigenvalue weighted by atomic mass is 19.1. The second-order valence-corrected chi connectivity index (χ2v) is 5.50. The fraction of sp³-hybridized carbons (Fsp3) is 0.263. The molecule has 1 aliphatic rings. The van der Waals surface area contributed by atoms with E-state index in [0.717, 1.165) is 30.0 Å². The molecule has 0 aromatic heterocycles. The summed E-state index contributed by atoms with van der Waals surface area (Å²) in [5.41, 5.74) is 3.36. The van der Waals surface area contributed by atoms with Gasteiger partial charge in [-0.05, 0) is 66.4 Å². The monoisotopic (exact) mass is 297 g/mol. The molecule has 1 saturated heterocycles. The maximum absolute atomic E-state index is 13.1. The Balaban J connectivity index is 1.96. The lowest BCUT2D eigenvalue weighted by molar-refractivity contribution is 0.414. The van der Waals surface area contributed by atoms with Gasteiger partial charge in [0.2, 0.25) is 0 Å². The molecule has 0 atom stereocenters. The lowest BCUT2D eigenvalue weighted by Crippen LogP contribution is -2.17. The minimum Gasteiger partial charge on any atom is -0.497 e. The van der Waals surface area contributed by atoms with Gasteiger partial charge in [0.25, 0.3) is 0 Å². The van der Waals surface area contributed by atoms with Crippen molar-refractivity contribution in [3.63, 3.8) is 0 Å². The van der Waals surface area contributed by atoms with E-state index in [4.69, 9.17) is 4.74 Å². The summed E-state index contributed by atoms with van der Waals surface area (Å²) in [6.45, 7) is 2.14. The van der Waals surface area contributed by atoms with Crippen molar-refractivity contribution in [1.82, 2.24) is 4.90 Å². The van der Waals surface area contributed by atoms with Crippen LogP contribution in [0, 0.1) is 5.82 Å². The molecule has 2 aromatic rings. The molecule has 1 aliphatic heterocycles. The van der Waals surface area contributed by atoms with Crippen LogP contribution in [-0.2, 0) is 0 Å². The van der Waals surface area contributed by atoms with Crippen LogP contribution in [0.5, 0.6) is 5.75 Å². The number of benzene rings is 2. The minimum atomic E-state index is -0.204. The maximum Gasteiger partial charge on any atom is 0.123 e. The van der Waals surface area contributed by atoms with Gasteiger partial charge < -0.3 is 9.64 Å². The number of halogens is 1. The molecule has 0 bridgehead atoms. The molecule has 3 heteroatoms. The molecule has 2 aromatic carbocycles. The van der Waals surface area contributed by atoms with Crippen LogP contribution >= 0.6 is 0 Å². The Morgan fingerprint density at radius 1 is 1.00 bits per heavy atom. The quantitative estimate of drug-likeness (QED) is 0.774. The molecular formula is C19H20FNO. The number of nitrogens with zero attached hydrogens (tertiary/aromatic N) is 1. The Hall–Kier alpha value is -2.29. The third kappa shape index (κ3) is 3.30. The summed E-state index contributed by atoms with van der Waals surface area (Å²) in [5.74, 6) is 0.649. The topological polar surface area (TPSA) is 12.5 Å². The molecule has 22 heavy (non-hydrogen) atoms. The van der Waals surface area contributed by atoms with Gasteiger partial charge in [0, 0.05) is 18.8 Å². The molecule has 0 radical (unpaired) electrons. The summed E-state index contributed by atoms with van der Waals surface area (Å²) in [6.07, 6.45) is 4.57. The molecule has 0 amide bonds. The van der Waals surface area contributed by atoms with Gasteiger partial charge in [0.15, 0.2) is 0 Å². The highest BCUT2D eigenvalue weighted by molar-refractivity contribution is 5.80. The summed E-state index contributed by atoms with van der Waals surface area (Å²) in [5, 5.41) is 0. The first kappa shape index (κ1) is 14.6. The van der Waals surface area contributed by atoms with Crippen LogP contribution in [0.15, 0.2) is 48.5 Å². The summed E-state index contributed by atoms with van der Waals surface area (Å²) in [7, 11) is 1.67. The van der Waals surface area contributed by atoms with E-state index in [1.165, 1.54) is 30.7 Å². The van der Waals surface area contributed by atoms with Crippen molar-refractivity contribution >= 4 is 11.8 Å². The van der Waals surface area contributed by atoms with Crippen LogP contribution in [0.25, 0.3) is 11.8 Å². The van der Waals surface area contributed by atoms with Crippen LogP contribution in [-0.4, -0.2) is 25.1 Å². The van der Waals surface area contributed by atoms with E-state index >= 15 is 0 Å². The van der Waals surface area contributed by atoms with Crippen LogP contribution in [0.2, 0.25) is 0 Å². The summed E-state index contributed by atoms with van der Waals surface area (Å²) in [4.78, 5) is 2.39. The largest absolute Gasteiger partial charge is 0.497 e. The first-order valence-corrected chi connectivity index (χ1v) is 7.63. The average Bonchev–Trinajstić information content (AvgIpc) is 3.09. The number of methoxy groups -OCH3 is 1. The fourth-order valence-electron chi connectivity index (χ4n) is 2.79. The lowest BCUT2D eigenvalue weighted by atomic mass is 10.1. The van der Waals surface area contributed by atoms with Gasteiger partial charge in [-0.15, -0.1) is 0 Å². The smallest absolute Gasteiger partial charge is 0.123 e. The van der Waals surface area contributed by atoms with Gasteiger partial charge in [-0.1, -0.05) is 12.1 Å². The van der Waals surface area contributed by atoms with Crippen molar-refractivity contribution in [3.05, 3.63) is 65.5 Å². The number of likely N-dealkylation sites (tertiary alicyclic amines) is 1. The van der Waals surface area contributed by atoms with Crippen LogP contribution in [0.3, 0.4) is 0 Å². The molecule has 0 unspecified atom stereocenters. The number of hydrogen-bond donors (Lipinski definition) is 0. The Morgan fingerprint density at radius 3 is 2.23 bits per heavy atom. The third-order valence-electron chi connectivity index (χ3n) is 4.01. The van der Waals surface area contributed by atoms with E-state index in [1.54, 1.807) is 7.11 Å². The molecule has 1 fully saturated rings. The first-order valence-electron chi connectivity index (χ1n) is 7.63. The Labute approximate surface area is 130 Å². The zero-order valence-corrected chi connectivity index (χ0v) is 12.8. The van der Waals surface area contributed by atoms with Crippen LogP contribution in [0.4, 0.5) is 4.39 Å². The van der Waals surface area contributed by atoms with E-state index in [-0.39, 0.29) is 5.82 Å². The van der Waals surface area contributed by atoms with E-state index < -0.39 is 0 Å². The van der Waals surface area contributed by atoms with E-state index in [0.29, 0.717) is 0 Å². The predicted octanol–water partition coefficient (Wildman–Crippen LogP) is 4.43. The second kappa shape index (κ2) is 6.65. The zero-order chi connectivity index (χ0) is 15.4. The number of rotatable bonds is 4. The van der Waals surface area contributed by atoms with Crippen molar-refractivity contribution < 1.29 is 9.13 Å². The van der Waals surface area contributed by atoms with E-state index in [9.17, 15) is 4.39 Å². The molecule has 3 rings (SSSR count). The minimum absolute atomic E-state index is 0.204. The average molecular weight is 297 g/mol. The lowest BCUT2D eigenvalue weighted by Gasteiger charge is -2.22. The van der Waals surface area contributed by atoms with Crippen molar-refractivity contribution in [2.24, 2.45) is 0 Å². The Kier molecular flexibility index (Phi) is 4.42. The third-order valence-corrected chi connectivity index (χ3v) is 4.01. The van der Waals surface area contributed by atoms with E-state index in [2.05, 4.69) is 23.1 Å². The normalized spacial score (nSPS) is 15.2. The molecule has 114 valence electrons. The second-order valence-electron chi connectivity index (χ2n) is 5.50. The molecule has 0 spiro atoms. The van der Waals surface area contributed by atoms with Crippen molar-refractivity contribution in [3.8, 4) is 5.75 Å². The Morgan fingerprint density at radius 2 is 1.64 bits per heavy atom. The Bertz CT molecular complexity index is 640. The van der Waals surface area contributed by atoms with Gasteiger partial charge in [0.1, 0.15) is 11.6 Å².